The maximum atomic E-state index is 13.5. The molecule has 0 spiro atoms. The Kier molecular flexibility index (Phi) is 4.20. The summed E-state index contributed by atoms with van der Waals surface area (Å²) in [6.45, 7) is 5.22. The van der Waals surface area contributed by atoms with Crippen LogP contribution in [-0.4, -0.2) is 11.9 Å². The van der Waals surface area contributed by atoms with E-state index in [0.29, 0.717) is 6.42 Å². The number of benzene rings is 1. The predicted molar refractivity (Wildman–Crippen MR) is 62.5 cm³/mol. The van der Waals surface area contributed by atoms with Crippen molar-refractivity contribution in [2.24, 2.45) is 0 Å². The van der Waals surface area contributed by atoms with Crippen LogP contribution in [0.3, 0.4) is 0 Å². The van der Waals surface area contributed by atoms with Gasteiger partial charge in [0.05, 0.1) is 5.69 Å². The van der Waals surface area contributed by atoms with Crippen LogP contribution in [-0.2, 0) is 0 Å². The second-order valence-corrected chi connectivity index (χ2v) is 3.72. The van der Waals surface area contributed by atoms with E-state index in [1.165, 1.54) is 0 Å². The van der Waals surface area contributed by atoms with Gasteiger partial charge in [-0.1, -0.05) is 6.08 Å². The van der Waals surface area contributed by atoms with E-state index in [2.05, 4.69) is 11.9 Å². The monoisotopic (exact) mass is 240 g/mol. The van der Waals surface area contributed by atoms with Crippen molar-refractivity contribution in [1.29, 1.82) is 0 Å². The first-order valence-corrected chi connectivity index (χ1v) is 5.12. The molecule has 0 aliphatic rings. The van der Waals surface area contributed by atoms with Crippen LogP contribution in [0, 0.1) is 11.6 Å². The first-order valence-electron chi connectivity index (χ1n) is 5.12. The summed E-state index contributed by atoms with van der Waals surface area (Å²) in [5.41, 5.74) is 4.37. The molecule has 5 heteroatoms. The van der Waals surface area contributed by atoms with Crippen molar-refractivity contribution >= 4 is 11.6 Å². The number of anilines is 1. The lowest BCUT2D eigenvalue weighted by atomic mass is 10.1. The van der Waals surface area contributed by atoms with Gasteiger partial charge in [-0.15, -0.1) is 6.58 Å². The van der Waals surface area contributed by atoms with Crippen LogP contribution < -0.4 is 11.1 Å². The molecule has 1 aromatic rings. The Morgan fingerprint density at radius 1 is 1.59 bits per heavy atom. The normalized spacial score (nSPS) is 11.9. The molecular formula is C12H14F2N2O. The Hall–Kier alpha value is -1.91. The number of carbonyl (C=O) groups is 1. The van der Waals surface area contributed by atoms with E-state index in [1.54, 1.807) is 13.0 Å². The highest BCUT2D eigenvalue weighted by molar-refractivity contribution is 5.95. The van der Waals surface area contributed by atoms with Crippen molar-refractivity contribution < 1.29 is 13.6 Å². The van der Waals surface area contributed by atoms with Gasteiger partial charge < -0.3 is 11.1 Å². The van der Waals surface area contributed by atoms with Gasteiger partial charge >= 0.3 is 0 Å². The molecule has 0 saturated heterocycles. The van der Waals surface area contributed by atoms with Crippen LogP contribution in [0.25, 0.3) is 0 Å². The van der Waals surface area contributed by atoms with E-state index in [0.717, 1.165) is 12.1 Å². The minimum Gasteiger partial charge on any atom is -0.396 e. The summed E-state index contributed by atoms with van der Waals surface area (Å²) in [5, 5.41) is 2.46. The maximum Gasteiger partial charge on any atom is 0.257 e. The lowest BCUT2D eigenvalue weighted by Gasteiger charge is -2.13. The summed E-state index contributed by atoms with van der Waals surface area (Å²) < 4.78 is 26.8. The number of rotatable bonds is 4. The quantitative estimate of drug-likeness (QED) is 0.626. The second kappa shape index (κ2) is 5.43. The second-order valence-electron chi connectivity index (χ2n) is 3.72. The van der Waals surface area contributed by atoms with Gasteiger partial charge in [-0.05, 0) is 25.5 Å². The number of amides is 1. The van der Waals surface area contributed by atoms with Gasteiger partial charge in [-0.25, -0.2) is 8.78 Å². The fourth-order valence-electron chi connectivity index (χ4n) is 1.38. The summed E-state index contributed by atoms with van der Waals surface area (Å²) in [7, 11) is 0. The summed E-state index contributed by atoms with van der Waals surface area (Å²) in [5.74, 6) is -2.78. The third kappa shape index (κ3) is 3.03. The van der Waals surface area contributed by atoms with Crippen LogP contribution in [0.15, 0.2) is 24.8 Å². The highest BCUT2D eigenvalue weighted by atomic mass is 19.1. The summed E-state index contributed by atoms with van der Waals surface area (Å²) in [6, 6.07) is 1.79. The number of nitrogen functional groups attached to an aromatic ring is 1. The molecule has 17 heavy (non-hydrogen) atoms. The van der Waals surface area contributed by atoms with E-state index in [-0.39, 0.29) is 11.7 Å². The highest BCUT2D eigenvalue weighted by Gasteiger charge is 2.20. The molecule has 0 aromatic heterocycles. The number of carbonyl (C=O) groups excluding carboxylic acids is 1. The molecule has 92 valence electrons. The molecule has 3 nitrogen and oxygen atoms in total. The van der Waals surface area contributed by atoms with Crippen molar-refractivity contribution in [3.05, 3.63) is 42.0 Å². The van der Waals surface area contributed by atoms with Gasteiger partial charge in [0.25, 0.3) is 5.91 Å². The minimum atomic E-state index is -1.03. The lowest BCUT2D eigenvalue weighted by Crippen LogP contribution is -2.33. The molecule has 0 aliphatic carbocycles. The SMILES string of the molecule is C=CCC(C)NC(=O)c1c(F)ccc(N)c1F. The van der Waals surface area contributed by atoms with Gasteiger partial charge in [0, 0.05) is 6.04 Å². The molecule has 1 aromatic carbocycles. The zero-order valence-corrected chi connectivity index (χ0v) is 9.47. The Labute approximate surface area is 98.3 Å². The van der Waals surface area contributed by atoms with Crippen molar-refractivity contribution in [2.45, 2.75) is 19.4 Å². The Morgan fingerprint density at radius 3 is 2.82 bits per heavy atom. The van der Waals surface area contributed by atoms with E-state index in [4.69, 9.17) is 5.73 Å². The largest absolute Gasteiger partial charge is 0.396 e. The zero-order chi connectivity index (χ0) is 13.0. The topological polar surface area (TPSA) is 55.1 Å². The smallest absolute Gasteiger partial charge is 0.257 e. The molecule has 1 rings (SSSR count). The summed E-state index contributed by atoms with van der Waals surface area (Å²) >= 11 is 0. The minimum absolute atomic E-state index is 0.250. The molecule has 3 N–H and O–H groups in total. The molecule has 0 saturated carbocycles. The highest BCUT2D eigenvalue weighted by Crippen LogP contribution is 2.18. The molecular weight excluding hydrogens is 226 g/mol. The summed E-state index contributed by atoms with van der Waals surface area (Å²) in [6.07, 6.45) is 2.12. The zero-order valence-electron chi connectivity index (χ0n) is 9.47. The standard InChI is InChI=1S/C12H14F2N2O/c1-3-4-7(2)16-12(17)10-8(13)5-6-9(15)11(10)14/h3,5-7H,1,4,15H2,2H3,(H,16,17). The van der Waals surface area contributed by atoms with Gasteiger partial charge in [0.2, 0.25) is 0 Å². The lowest BCUT2D eigenvalue weighted by molar-refractivity contribution is 0.0932. The van der Waals surface area contributed by atoms with E-state index in [1.807, 2.05) is 0 Å². The fourth-order valence-corrected chi connectivity index (χ4v) is 1.38. The predicted octanol–water partition coefficient (Wildman–Crippen LogP) is 2.24. The molecule has 0 radical (unpaired) electrons. The van der Waals surface area contributed by atoms with Gasteiger partial charge in [0.1, 0.15) is 11.4 Å². The average Bonchev–Trinajstić information content (AvgIpc) is 2.24. The number of nitrogens with two attached hydrogens (primary N) is 1. The molecule has 0 bridgehead atoms. The van der Waals surface area contributed by atoms with Crippen molar-refractivity contribution in [3.8, 4) is 0 Å². The van der Waals surface area contributed by atoms with Gasteiger partial charge in [-0.3, -0.25) is 4.79 Å². The number of hydrogen-bond donors (Lipinski definition) is 2. The van der Waals surface area contributed by atoms with Crippen molar-refractivity contribution in [1.82, 2.24) is 5.32 Å². The molecule has 1 atom stereocenters. The first-order chi connectivity index (χ1) is 7.97. The van der Waals surface area contributed by atoms with Crippen LogP contribution in [0.2, 0.25) is 0 Å². The Morgan fingerprint density at radius 2 is 2.24 bits per heavy atom. The Balaban J connectivity index is 2.96. The van der Waals surface area contributed by atoms with Gasteiger partial charge in [-0.2, -0.15) is 0 Å². The van der Waals surface area contributed by atoms with Crippen LogP contribution in [0.5, 0.6) is 0 Å². The third-order valence-corrected chi connectivity index (χ3v) is 2.25. The molecule has 0 fully saturated rings. The van der Waals surface area contributed by atoms with E-state index in [9.17, 15) is 13.6 Å². The van der Waals surface area contributed by atoms with Crippen molar-refractivity contribution in [2.75, 3.05) is 5.73 Å². The fraction of sp³-hybridized carbons (Fsp3) is 0.250. The third-order valence-electron chi connectivity index (χ3n) is 2.25. The van der Waals surface area contributed by atoms with Gasteiger partial charge in [0.15, 0.2) is 5.82 Å². The van der Waals surface area contributed by atoms with Crippen LogP contribution >= 0.6 is 0 Å². The first kappa shape index (κ1) is 13.2. The number of nitrogens with one attached hydrogen (secondary N) is 1. The number of halogens is 2. The molecule has 0 heterocycles. The Bertz CT molecular complexity index is 446. The molecule has 1 unspecified atom stereocenters. The number of hydrogen-bond acceptors (Lipinski definition) is 2. The average molecular weight is 240 g/mol. The van der Waals surface area contributed by atoms with E-state index < -0.39 is 23.1 Å². The van der Waals surface area contributed by atoms with Crippen molar-refractivity contribution in [3.63, 3.8) is 0 Å². The summed E-state index contributed by atoms with van der Waals surface area (Å²) in [4.78, 5) is 11.6. The molecule has 1 amide bonds. The van der Waals surface area contributed by atoms with Crippen LogP contribution in [0.1, 0.15) is 23.7 Å². The van der Waals surface area contributed by atoms with Crippen LogP contribution in [0.4, 0.5) is 14.5 Å². The molecule has 0 aliphatic heterocycles. The maximum absolute atomic E-state index is 13.5. The van der Waals surface area contributed by atoms with E-state index >= 15 is 0 Å².